The number of hydrogen-bond donors (Lipinski definition) is 0. The predicted molar refractivity (Wildman–Crippen MR) is 73.1 cm³/mol. The minimum atomic E-state index is -0.431. The molecule has 1 aliphatic rings. The molecule has 19 heavy (non-hydrogen) atoms. The Morgan fingerprint density at radius 3 is 2.89 bits per heavy atom. The average molecular weight is 263 g/mol. The first-order valence-electron chi connectivity index (χ1n) is 6.66. The minimum Gasteiger partial charge on any atom is -0.469 e. The quantitative estimate of drug-likeness (QED) is 0.777. The maximum Gasteiger partial charge on any atom is 0.313 e. The maximum absolute atomic E-state index is 11.8. The van der Waals surface area contributed by atoms with Crippen molar-refractivity contribution in [3.05, 3.63) is 17.6 Å². The number of aryl methyl sites for hydroxylation is 2. The van der Waals surface area contributed by atoms with Crippen LogP contribution < -0.4 is 4.90 Å². The van der Waals surface area contributed by atoms with E-state index in [0.29, 0.717) is 6.54 Å². The van der Waals surface area contributed by atoms with E-state index in [9.17, 15) is 4.79 Å². The molecule has 5 heteroatoms. The molecule has 1 saturated heterocycles. The van der Waals surface area contributed by atoms with Crippen molar-refractivity contribution in [2.75, 3.05) is 25.1 Å². The smallest absolute Gasteiger partial charge is 0.313 e. The van der Waals surface area contributed by atoms with Gasteiger partial charge >= 0.3 is 5.97 Å². The minimum absolute atomic E-state index is 0.142. The average Bonchev–Trinajstić information content (AvgIpc) is 2.81. The van der Waals surface area contributed by atoms with Gasteiger partial charge in [-0.2, -0.15) is 0 Å². The van der Waals surface area contributed by atoms with Gasteiger partial charge < -0.3 is 9.64 Å². The van der Waals surface area contributed by atoms with Crippen LogP contribution in [0.4, 0.5) is 5.82 Å². The highest BCUT2D eigenvalue weighted by Gasteiger charge is 2.41. The summed E-state index contributed by atoms with van der Waals surface area (Å²) < 4.78 is 4.89. The second kappa shape index (κ2) is 5.15. The molecule has 1 aliphatic heterocycles. The van der Waals surface area contributed by atoms with Crippen LogP contribution in [-0.4, -0.2) is 36.1 Å². The zero-order valence-electron chi connectivity index (χ0n) is 12.1. The summed E-state index contributed by atoms with van der Waals surface area (Å²) in [6.07, 6.45) is 1.68. The van der Waals surface area contributed by atoms with E-state index in [1.54, 1.807) is 0 Å². The summed E-state index contributed by atoms with van der Waals surface area (Å²) in [5, 5.41) is 0. The van der Waals surface area contributed by atoms with E-state index in [2.05, 4.69) is 21.8 Å². The summed E-state index contributed by atoms with van der Waals surface area (Å²) >= 11 is 0. The standard InChI is InChI=1S/C14H21N3O2/c1-5-11-8-12(16-10(2)15-11)17-7-6-14(3,9-17)13(18)19-4/h8H,5-7,9H2,1-4H3. The normalized spacial score (nSPS) is 22.6. The molecule has 0 aromatic carbocycles. The summed E-state index contributed by atoms with van der Waals surface area (Å²) in [6.45, 7) is 7.41. The second-order valence-corrected chi connectivity index (χ2v) is 5.34. The Labute approximate surface area is 114 Å². The van der Waals surface area contributed by atoms with Gasteiger partial charge in [-0.1, -0.05) is 6.92 Å². The summed E-state index contributed by atoms with van der Waals surface area (Å²) in [6, 6.07) is 2.01. The Balaban J connectivity index is 2.21. The van der Waals surface area contributed by atoms with Crippen molar-refractivity contribution >= 4 is 11.8 Å². The number of carbonyl (C=O) groups excluding carboxylic acids is 1. The lowest BCUT2D eigenvalue weighted by Crippen LogP contribution is -2.33. The van der Waals surface area contributed by atoms with Crippen molar-refractivity contribution in [3.8, 4) is 0 Å². The summed E-state index contributed by atoms with van der Waals surface area (Å²) in [4.78, 5) is 22.8. The summed E-state index contributed by atoms with van der Waals surface area (Å²) in [5.74, 6) is 1.55. The molecule has 2 rings (SSSR count). The molecule has 1 aromatic rings. The molecule has 0 amide bonds. The molecule has 0 radical (unpaired) electrons. The second-order valence-electron chi connectivity index (χ2n) is 5.34. The molecule has 1 aromatic heterocycles. The van der Waals surface area contributed by atoms with Crippen molar-refractivity contribution in [1.29, 1.82) is 0 Å². The molecule has 5 nitrogen and oxygen atoms in total. The Kier molecular flexibility index (Phi) is 3.73. The largest absolute Gasteiger partial charge is 0.469 e. The predicted octanol–water partition coefficient (Wildman–Crippen LogP) is 1.74. The van der Waals surface area contributed by atoms with Crippen molar-refractivity contribution in [3.63, 3.8) is 0 Å². The maximum atomic E-state index is 11.8. The van der Waals surface area contributed by atoms with Crippen LogP contribution in [0.15, 0.2) is 6.07 Å². The molecule has 0 N–H and O–H groups in total. The van der Waals surface area contributed by atoms with Crippen LogP contribution in [0.2, 0.25) is 0 Å². The van der Waals surface area contributed by atoms with Crippen LogP contribution in [0.3, 0.4) is 0 Å². The van der Waals surface area contributed by atoms with Gasteiger partial charge in [0.2, 0.25) is 0 Å². The molecular weight excluding hydrogens is 242 g/mol. The van der Waals surface area contributed by atoms with Crippen molar-refractivity contribution in [2.24, 2.45) is 5.41 Å². The third-order valence-electron chi connectivity index (χ3n) is 3.72. The molecule has 0 saturated carbocycles. The van der Waals surface area contributed by atoms with Gasteiger partial charge in [0, 0.05) is 24.8 Å². The number of anilines is 1. The van der Waals surface area contributed by atoms with Gasteiger partial charge in [0.25, 0.3) is 0 Å². The lowest BCUT2D eigenvalue weighted by Gasteiger charge is -2.22. The topological polar surface area (TPSA) is 55.3 Å². The third-order valence-corrected chi connectivity index (χ3v) is 3.72. The molecule has 1 unspecified atom stereocenters. The fourth-order valence-electron chi connectivity index (χ4n) is 2.52. The van der Waals surface area contributed by atoms with E-state index in [0.717, 1.165) is 36.7 Å². The summed E-state index contributed by atoms with van der Waals surface area (Å²) in [7, 11) is 1.44. The SMILES string of the molecule is CCc1cc(N2CCC(C)(C(=O)OC)C2)nc(C)n1. The Morgan fingerprint density at radius 2 is 2.26 bits per heavy atom. The van der Waals surface area contributed by atoms with Gasteiger partial charge in [-0.15, -0.1) is 0 Å². The van der Waals surface area contributed by atoms with Crippen LogP contribution in [0, 0.1) is 12.3 Å². The van der Waals surface area contributed by atoms with Crippen LogP contribution in [0.5, 0.6) is 0 Å². The highest BCUT2D eigenvalue weighted by Crippen LogP contribution is 2.33. The Hall–Kier alpha value is -1.65. The van der Waals surface area contributed by atoms with Crippen LogP contribution in [-0.2, 0) is 16.0 Å². The van der Waals surface area contributed by atoms with E-state index in [-0.39, 0.29) is 5.97 Å². The first-order chi connectivity index (χ1) is 8.98. The lowest BCUT2D eigenvalue weighted by atomic mass is 9.90. The summed E-state index contributed by atoms with van der Waals surface area (Å²) in [5.41, 5.74) is 0.606. The number of esters is 1. The number of ether oxygens (including phenoxy) is 1. The van der Waals surface area contributed by atoms with E-state index >= 15 is 0 Å². The molecular formula is C14H21N3O2. The number of rotatable bonds is 3. The number of hydrogen-bond acceptors (Lipinski definition) is 5. The highest BCUT2D eigenvalue weighted by atomic mass is 16.5. The molecule has 0 aliphatic carbocycles. The molecule has 0 bridgehead atoms. The molecule has 1 fully saturated rings. The molecule has 104 valence electrons. The van der Waals surface area contributed by atoms with Crippen molar-refractivity contribution in [1.82, 2.24) is 9.97 Å². The fourth-order valence-corrected chi connectivity index (χ4v) is 2.52. The van der Waals surface area contributed by atoms with Gasteiger partial charge in [-0.05, 0) is 26.7 Å². The van der Waals surface area contributed by atoms with Crippen LogP contribution >= 0.6 is 0 Å². The molecule has 2 heterocycles. The van der Waals surface area contributed by atoms with E-state index in [4.69, 9.17) is 4.74 Å². The Bertz CT molecular complexity index is 490. The lowest BCUT2D eigenvalue weighted by molar-refractivity contribution is -0.150. The number of carbonyl (C=O) groups is 1. The zero-order valence-corrected chi connectivity index (χ0v) is 12.1. The first kappa shape index (κ1) is 13.8. The number of methoxy groups -OCH3 is 1. The third kappa shape index (κ3) is 2.69. The van der Waals surface area contributed by atoms with Gasteiger partial charge in [-0.25, -0.2) is 9.97 Å². The van der Waals surface area contributed by atoms with Crippen LogP contribution in [0.1, 0.15) is 31.8 Å². The van der Waals surface area contributed by atoms with E-state index in [1.165, 1.54) is 7.11 Å². The first-order valence-corrected chi connectivity index (χ1v) is 6.66. The number of nitrogens with zero attached hydrogens (tertiary/aromatic N) is 3. The van der Waals surface area contributed by atoms with E-state index < -0.39 is 5.41 Å². The monoisotopic (exact) mass is 263 g/mol. The van der Waals surface area contributed by atoms with E-state index in [1.807, 2.05) is 19.9 Å². The van der Waals surface area contributed by atoms with Gasteiger partial charge in [-0.3, -0.25) is 4.79 Å². The van der Waals surface area contributed by atoms with Gasteiger partial charge in [0.15, 0.2) is 0 Å². The Morgan fingerprint density at radius 1 is 1.53 bits per heavy atom. The van der Waals surface area contributed by atoms with Crippen molar-refractivity contribution in [2.45, 2.75) is 33.6 Å². The zero-order chi connectivity index (χ0) is 14.0. The van der Waals surface area contributed by atoms with Crippen LogP contribution in [0.25, 0.3) is 0 Å². The van der Waals surface area contributed by atoms with Gasteiger partial charge in [0.05, 0.1) is 12.5 Å². The molecule has 0 spiro atoms. The fraction of sp³-hybridized carbons (Fsp3) is 0.643. The highest BCUT2D eigenvalue weighted by molar-refractivity contribution is 5.78. The number of aromatic nitrogens is 2. The molecule has 1 atom stereocenters. The van der Waals surface area contributed by atoms with Gasteiger partial charge in [0.1, 0.15) is 11.6 Å². The van der Waals surface area contributed by atoms with Crippen molar-refractivity contribution < 1.29 is 9.53 Å².